The van der Waals surface area contributed by atoms with Crippen molar-refractivity contribution in [3.05, 3.63) is 46.1 Å². The Labute approximate surface area is 124 Å². The average molecular weight is 337 g/mol. The maximum Gasteiger partial charge on any atom is 0.339 e. The molecule has 5 nitrogen and oxygen atoms in total. The topological polar surface area (TPSA) is 74.4 Å². The van der Waals surface area contributed by atoms with Gasteiger partial charge in [-0.1, -0.05) is 0 Å². The molecule has 0 radical (unpaired) electrons. The number of halogens is 1. The number of hydrogen-bond donors (Lipinski definition) is 1. The highest BCUT2D eigenvalue weighted by molar-refractivity contribution is 9.10. The first-order valence-electron chi connectivity index (χ1n) is 5.80. The molecule has 1 heterocycles. The zero-order valence-corrected chi connectivity index (χ0v) is 12.6. The highest BCUT2D eigenvalue weighted by atomic mass is 79.9. The molecule has 0 saturated carbocycles. The molecule has 0 unspecified atom stereocenters. The molecule has 0 aliphatic heterocycles. The lowest BCUT2D eigenvalue weighted by atomic mass is 10.2. The van der Waals surface area contributed by atoms with Crippen molar-refractivity contribution in [3.63, 3.8) is 0 Å². The number of aromatic nitrogens is 1. The molecule has 0 spiro atoms. The third kappa shape index (κ3) is 3.08. The Morgan fingerprint density at radius 3 is 2.70 bits per heavy atom. The van der Waals surface area contributed by atoms with Crippen LogP contribution in [-0.4, -0.2) is 18.1 Å². The average Bonchev–Trinajstić information content (AvgIpc) is 2.42. The van der Waals surface area contributed by atoms with Crippen molar-refractivity contribution in [2.75, 3.05) is 12.8 Å². The van der Waals surface area contributed by atoms with Crippen LogP contribution in [0.4, 0.5) is 5.69 Å². The number of hydrogen-bond acceptors (Lipinski definition) is 5. The first-order valence-corrected chi connectivity index (χ1v) is 6.59. The molecule has 6 heteroatoms. The van der Waals surface area contributed by atoms with Gasteiger partial charge in [0.05, 0.1) is 22.8 Å². The zero-order valence-electron chi connectivity index (χ0n) is 11.0. The van der Waals surface area contributed by atoms with Gasteiger partial charge in [0.15, 0.2) is 0 Å². The number of carbonyl (C=O) groups is 1. The van der Waals surface area contributed by atoms with E-state index in [-0.39, 0.29) is 0 Å². The number of carbonyl (C=O) groups excluding carboxylic acids is 1. The van der Waals surface area contributed by atoms with Crippen molar-refractivity contribution in [2.45, 2.75) is 6.92 Å². The Morgan fingerprint density at radius 1 is 1.30 bits per heavy atom. The second-order valence-electron chi connectivity index (χ2n) is 4.07. The van der Waals surface area contributed by atoms with Crippen LogP contribution in [0.2, 0.25) is 0 Å². The highest BCUT2D eigenvalue weighted by Crippen LogP contribution is 2.31. The second-order valence-corrected chi connectivity index (χ2v) is 4.92. The van der Waals surface area contributed by atoms with Gasteiger partial charge in [0, 0.05) is 17.8 Å². The fourth-order valence-electron chi connectivity index (χ4n) is 1.63. The van der Waals surface area contributed by atoms with Gasteiger partial charge in [-0.15, -0.1) is 0 Å². The minimum absolute atomic E-state index is 0.376. The van der Waals surface area contributed by atoms with E-state index in [1.165, 1.54) is 7.11 Å². The predicted octanol–water partition coefficient (Wildman–Crippen LogP) is 3.31. The fourth-order valence-corrected chi connectivity index (χ4v) is 1.96. The van der Waals surface area contributed by atoms with E-state index in [2.05, 4.69) is 25.7 Å². The summed E-state index contributed by atoms with van der Waals surface area (Å²) in [6.45, 7) is 1.72. The monoisotopic (exact) mass is 336 g/mol. The number of nitrogens with zero attached hydrogens (tertiary/aromatic N) is 1. The molecule has 0 aliphatic carbocycles. The number of pyridine rings is 1. The van der Waals surface area contributed by atoms with Gasteiger partial charge in [-0.05, 0) is 41.1 Å². The van der Waals surface area contributed by atoms with E-state index >= 15 is 0 Å². The number of aryl methyl sites for hydroxylation is 1. The highest BCUT2D eigenvalue weighted by Gasteiger charge is 2.12. The van der Waals surface area contributed by atoms with E-state index in [9.17, 15) is 4.79 Å². The zero-order chi connectivity index (χ0) is 14.7. The summed E-state index contributed by atoms with van der Waals surface area (Å²) in [6, 6.07) is 8.46. The van der Waals surface area contributed by atoms with Gasteiger partial charge in [0.1, 0.15) is 5.75 Å². The number of methoxy groups -OCH3 is 1. The van der Waals surface area contributed by atoms with Gasteiger partial charge in [0.25, 0.3) is 0 Å². The molecule has 1 aromatic carbocycles. The second kappa shape index (κ2) is 5.92. The first kappa shape index (κ1) is 14.3. The van der Waals surface area contributed by atoms with Gasteiger partial charge in [-0.3, -0.25) is 0 Å². The summed E-state index contributed by atoms with van der Waals surface area (Å²) in [6.07, 6.45) is 0. The Kier molecular flexibility index (Phi) is 4.24. The van der Waals surface area contributed by atoms with Gasteiger partial charge < -0.3 is 15.2 Å². The summed E-state index contributed by atoms with van der Waals surface area (Å²) < 4.78 is 11.1. The molecule has 0 aliphatic rings. The first-order chi connectivity index (χ1) is 9.51. The van der Waals surface area contributed by atoms with Crippen LogP contribution in [0.3, 0.4) is 0 Å². The van der Waals surface area contributed by atoms with Gasteiger partial charge in [0.2, 0.25) is 5.88 Å². The van der Waals surface area contributed by atoms with Crippen LogP contribution in [0, 0.1) is 6.92 Å². The number of anilines is 1. The molecular weight excluding hydrogens is 324 g/mol. The maximum atomic E-state index is 11.5. The van der Waals surface area contributed by atoms with Crippen molar-refractivity contribution in [3.8, 4) is 11.6 Å². The van der Waals surface area contributed by atoms with Crippen LogP contribution >= 0.6 is 15.9 Å². The number of benzene rings is 1. The largest absolute Gasteiger partial charge is 0.465 e. The summed E-state index contributed by atoms with van der Waals surface area (Å²) in [5.74, 6) is 0.510. The molecule has 0 amide bonds. The van der Waals surface area contributed by atoms with Gasteiger partial charge in [-0.2, -0.15) is 0 Å². The van der Waals surface area contributed by atoms with E-state index < -0.39 is 5.97 Å². The summed E-state index contributed by atoms with van der Waals surface area (Å²) in [4.78, 5) is 15.7. The van der Waals surface area contributed by atoms with E-state index in [0.29, 0.717) is 28.6 Å². The standard InChI is InChI=1S/C14H13BrN2O3/c1-8-10(14(18)19-2)4-6-13(17-8)20-12-7-9(16)3-5-11(12)15/h3-7H,16H2,1-2H3. The Morgan fingerprint density at radius 2 is 2.05 bits per heavy atom. The molecule has 0 atom stereocenters. The Balaban J connectivity index is 2.29. The molecule has 0 bridgehead atoms. The van der Waals surface area contributed by atoms with Crippen molar-refractivity contribution < 1.29 is 14.3 Å². The van der Waals surface area contributed by atoms with Crippen molar-refractivity contribution in [1.29, 1.82) is 0 Å². The molecule has 2 N–H and O–H groups in total. The number of nitrogens with two attached hydrogens (primary N) is 1. The SMILES string of the molecule is COC(=O)c1ccc(Oc2cc(N)ccc2Br)nc1C. The molecule has 20 heavy (non-hydrogen) atoms. The van der Waals surface area contributed by atoms with Crippen LogP contribution in [0.5, 0.6) is 11.6 Å². The van der Waals surface area contributed by atoms with E-state index in [0.717, 1.165) is 4.47 Å². The summed E-state index contributed by atoms with van der Waals surface area (Å²) in [5.41, 5.74) is 7.24. The molecular formula is C14H13BrN2O3. The number of rotatable bonds is 3. The van der Waals surface area contributed by atoms with Gasteiger partial charge >= 0.3 is 5.97 Å². The normalized spacial score (nSPS) is 10.2. The third-order valence-electron chi connectivity index (χ3n) is 2.64. The van der Waals surface area contributed by atoms with Crippen molar-refractivity contribution in [2.24, 2.45) is 0 Å². The molecule has 2 aromatic rings. The van der Waals surface area contributed by atoms with Crippen LogP contribution < -0.4 is 10.5 Å². The summed E-state index contributed by atoms with van der Waals surface area (Å²) in [7, 11) is 1.33. The third-order valence-corrected chi connectivity index (χ3v) is 3.29. The van der Waals surface area contributed by atoms with Crippen LogP contribution in [0.25, 0.3) is 0 Å². The number of ether oxygens (including phenoxy) is 2. The van der Waals surface area contributed by atoms with Crippen molar-refractivity contribution in [1.82, 2.24) is 4.98 Å². The lowest BCUT2D eigenvalue weighted by Crippen LogP contribution is -2.05. The molecule has 0 saturated heterocycles. The van der Waals surface area contributed by atoms with Crippen LogP contribution in [-0.2, 0) is 4.74 Å². The predicted molar refractivity (Wildman–Crippen MR) is 78.9 cm³/mol. The minimum atomic E-state index is -0.424. The molecule has 0 fully saturated rings. The van der Waals surface area contributed by atoms with Crippen LogP contribution in [0.1, 0.15) is 16.1 Å². The van der Waals surface area contributed by atoms with Gasteiger partial charge in [-0.25, -0.2) is 9.78 Å². The number of nitrogen functional groups attached to an aromatic ring is 1. The van der Waals surface area contributed by atoms with E-state index in [1.54, 1.807) is 37.3 Å². The molecule has 104 valence electrons. The molecule has 2 rings (SSSR count). The lowest BCUT2D eigenvalue weighted by Gasteiger charge is -2.09. The maximum absolute atomic E-state index is 11.5. The number of esters is 1. The Hall–Kier alpha value is -2.08. The summed E-state index contributed by atoms with van der Waals surface area (Å²) >= 11 is 3.37. The lowest BCUT2D eigenvalue weighted by molar-refractivity contribution is 0.0599. The Bertz CT molecular complexity index is 659. The minimum Gasteiger partial charge on any atom is -0.465 e. The fraction of sp³-hybridized carbons (Fsp3) is 0.143. The smallest absolute Gasteiger partial charge is 0.339 e. The summed E-state index contributed by atoms with van der Waals surface area (Å²) in [5, 5.41) is 0. The van der Waals surface area contributed by atoms with Crippen LogP contribution in [0.15, 0.2) is 34.8 Å². The van der Waals surface area contributed by atoms with E-state index in [1.807, 2.05) is 0 Å². The molecule has 1 aromatic heterocycles. The van der Waals surface area contributed by atoms with E-state index in [4.69, 9.17) is 10.5 Å². The quantitative estimate of drug-likeness (QED) is 0.687. The van der Waals surface area contributed by atoms with Crippen molar-refractivity contribution >= 4 is 27.6 Å².